The Labute approximate surface area is 137 Å². The molecule has 1 aliphatic rings. The lowest BCUT2D eigenvalue weighted by Gasteiger charge is -2.28. The number of rotatable bonds is 3. The number of amides is 1. The molecule has 1 saturated carbocycles. The Hall–Kier alpha value is -2.32. The fraction of sp³-hybridized carbons (Fsp3) is 0.600. The second-order valence-electron chi connectivity index (χ2n) is 6.32. The number of nitrogens with two attached hydrogens (primary N) is 1. The van der Waals surface area contributed by atoms with Crippen LogP contribution in [0.3, 0.4) is 0 Å². The number of carbonyl (C=O) groups is 1. The molecule has 9 heteroatoms. The first-order valence-corrected chi connectivity index (χ1v) is 7.91. The zero-order valence-corrected chi connectivity index (χ0v) is 13.6. The van der Waals surface area contributed by atoms with Gasteiger partial charge in [-0.05, 0) is 26.7 Å². The normalized spacial score (nSPS) is 18.0. The van der Waals surface area contributed by atoms with Crippen molar-refractivity contribution in [1.29, 1.82) is 0 Å². The van der Waals surface area contributed by atoms with Gasteiger partial charge >= 0.3 is 0 Å². The highest BCUT2D eigenvalue weighted by atomic mass is 19.3. The minimum atomic E-state index is -2.60. The molecule has 0 bridgehead atoms. The van der Waals surface area contributed by atoms with E-state index in [1.807, 2.05) is 6.92 Å². The Morgan fingerprint density at radius 1 is 1.33 bits per heavy atom. The van der Waals surface area contributed by atoms with E-state index in [2.05, 4.69) is 20.4 Å². The minimum absolute atomic E-state index is 0.118. The van der Waals surface area contributed by atoms with Crippen molar-refractivity contribution in [3.63, 3.8) is 0 Å². The third-order valence-electron chi connectivity index (χ3n) is 4.48. The summed E-state index contributed by atoms with van der Waals surface area (Å²) in [6.07, 6.45) is 0.359. The zero-order valence-electron chi connectivity index (χ0n) is 13.6. The van der Waals surface area contributed by atoms with Crippen molar-refractivity contribution >= 4 is 17.6 Å². The lowest BCUT2D eigenvalue weighted by atomic mass is 9.92. The number of nitrogen functional groups attached to an aromatic ring is 1. The molecule has 1 amide bonds. The van der Waals surface area contributed by atoms with Gasteiger partial charge < -0.3 is 11.1 Å². The Morgan fingerprint density at radius 3 is 2.67 bits per heavy atom. The van der Waals surface area contributed by atoms with Crippen molar-refractivity contribution < 1.29 is 13.6 Å². The first kappa shape index (κ1) is 16.5. The van der Waals surface area contributed by atoms with Crippen molar-refractivity contribution in [2.45, 2.75) is 57.9 Å². The zero-order chi connectivity index (χ0) is 17.5. The molecule has 2 aromatic heterocycles. The van der Waals surface area contributed by atoms with Crippen molar-refractivity contribution in [2.75, 3.05) is 5.73 Å². The van der Waals surface area contributed by atoms with Crippen LogP contribution in [-0.2, 0) is 11.2 Å². The quantitative estimate of drug-likeness (QED) is 0.885. The molecule has 0 radical (unpaired) electrons. The molecule has 3 N–H and O–H groups in total. The molecule has 3 rings (SSSR count). The number of hydrogen-bond donors (Lipinski definition) is 2. The lowest BCUT2D eigenvalue weighted by Crippen LogP contribution is -2.41. The van der Waals surface area contributed by atoms with Crippen LogP contribution in [0, 0.1) is 13.8 Å². The molecule has 0 spiro atoms. The predicted molar refractivity (Wildman–Crippen MR) is 83.7 cm³/mol. The third-order valence-corrected chi connectivity index (χ3v) is 4.48. The van der Waals surface area contributed by atoms with Crippen molar-refractivity contribution in [1.82, 2.24) is 24.9 Å². The number of alkyl halides is 2. The fourth-order valence-electron chi connectivity index (χ4n) is 3.10. The smallest absolute Gasteiger partial charge is 0.254 e. The second-order valence-corrected chi connectivity index (χ2v) is 6.32. The van der Waals surface area contributed by atoms with Gasteiger partial charge in [-0.15, -0.1) is 5.10 Å². The summed E-state index contributed by atoms with van der Waals surface area (Å²) in [7, 11) is 0. The third kappa shape index (κ3) is 3.29. The highest BCUT2D eigenvalue weighted by molar-refractivity contribution is 5.79. The standard InChI is InChI=1S/C15H20F2N6O/c1-8-11(9(2)23-14(19-8)21-13(18)22-23)7-12(24)20-10-3-5-15(16,17)6-4-10/h10H,3-7H2,1-2H3,(H2,18,22)(H,20,24). The van der Waals surface area contributed by atoms with Gasteiger partial charge in [0.15, 0.2) is 0 Å². The molecule has 0 saturated heterocycles. The molecule has 0 atom stereocenters. The van der Waals surface area contributed by atoms with Gasteiger partial charge in [0.2, 0.25) is 17.8 Å². The molecule has 7 nitrogen and oxygen atoms in total. The number of halogens is 2. The molecular weight excluding hydrogens is 318 g/mol. The van der Waals surface area contributed by atoms with Gasteiger partial charge in [-0.25, -0.2) is 13.8 Å². The predicted octanol–water partition coefficient (Wildman–Crippen LogP) is 1.56. The molecule has 2 aromatic rings. The molecule has 130 valence electrons. The van der Waals surface area contributed by atoms with E-state index in [1.54, 1.807) is 6.92 Å². The summed E-state index contributed by atoms with van der Waals surface area (Å²) in [5.41, 5.74) is 7.75. The Kier molecular flexibility index (Phi) is 4.10. The maximum Gasteiger partial charge on any atom is 0.254 e. The van der Waals surface area contributed by atoms with Crippen molar-refractivity contribution in [3.05, 3.63) is 17.0 Å². The average molecular weight is 338 g/mol. The van der Waals surface area contributed by atoms with Crippen LogP contribution in [0.5, 0.6) is 0 Å². The van der Waals surface area contributed by atoms with Crippen molar-refractivity contribution in [2.24, 2.45) is 0 Å². The molecule has 0 unspecified atom stereocenters. The van der Waals surface area contributed by atoms with Gasteiger partial charge in [0.05, 0.1) is 6.42 Å². The molecule has 1 fully saturated rings. The number of hydrogen-bond acceptors (Lipinski definition) is 5. The highest BCUT2D eigenvalue weighted by Crippen LogP contribution is 2.33. The molecule has 24 heavy (non-hydrogen) atoms. The summed E-state index contributed by atoms with van der Waals surface area (Å²) in [5.74, 6) is -2.29. The number of anilines is 1. The topological polar surface area (TPSA) is 98.2 Å². The van der Waals surface area contributed by atoms with Gasteiger partial charge in [0.1, 0.15) is 0 Å². The summed E-state index contributed by atoms with van der Waals surface area (Å²) >= 11 is 0. The van der Waals surface area contributed by atoms with E-state index in [1.165, 1.54) is 4.52 Å². The van der Waals surface area contributed by atoms with Crippen LogP contribution < -0.4 is 11.1 Å². The highest BCUT2D eigenvalue weighted by Gasteiger charge is 2.35. The van der Waals surface area contributed by atoms with E-state index >= 15 is 0 Å². The average Bonchev–Trinajstić information content (AvgIpc) is 2.86. The van der Waals surface area contributed by atoms with Gasteiger partial charge in [0.25, 0.3) is 5.78 Å². The van der Waals surface area contributed by atoms with Gasteiger partial charge in [-0.1, -0.05) is 0 Å². The Balaban J connectivity index is 1.71. The van der Waals surface area contributed by atoms with Crippen LogP contribution in [0.1, 0.15) is 42.6 Å². The Bertz CT molecular complexity index is 778. The molecule has 0 aliphatic heterocycles. The van der Waals surface area contributed by atoms with Gasteiger partial charge in [-0.3, -0.25) is 4.79 Å². The first-order chi connectivity index (χ1) is 11.2. The number of carbonyl (C=O) groups excluding carboxylic acids is 1. The maximum atomic E-state index is 13.2. The van der Waals surface area contributed by atoms with E-state index in [9.17, 15) is 13.6 Å². The number of nitrogens with one attached hydrogen (secondary N) is 1. The van der Waals surface area contributed by atoms with E-state index in [0.717, 1.165) is 11.3 Å². The van der Waals surface area contributed by atoms with E-state index in [4.69, 9.17) is 5.73 Å². The second kappa shape index (κ2) is 5.95. The monoisotopic (exact) mass is 338 g/mol. The maximum absolute atomic E-state index is 13.2. The molecule has 1 aliphatic carbocycles. The Morgan fingerprint density at radius 2 is 2.00 bits per heavy atom. The van der Waals surface area contributed by atoms with Crippen LogP contribution in [-0.4, -0.2) is 37.5 Å². The molecule has 0 aromatic carbocycles. The van der Waals surface area contributed by atoms with Gasteiger partial charge in [-0.2, -0.15) is 9.50 Å². The van der Waals surface area contributed by atoms with E-state index < -0.39 is 5.92 Å². The summed E-state index contributed by atoms with van der Waals surface area (Å²) in [6.45, 7) is 3.61. The number of fused-ring (bicyclic) bond motifs is 1. The summed E-state index contributed by atoms with van der Waals surface area (Å²) in [4.78, 5) is 20.6. The number of aryl methyl sites for hydroxylation is 2. The van der Waals surface area contributed by atoms with Gasteiger partial charge in [0, 0.05) is 35.8 Å². The fourth-order valence-corrected chi connectivity index (χ4v) is 3.10. The van der Waals surface area contributed by atoms with Crippen LogP contribution in [0.15, 0.2) is 0 Å². The van der Waals surface area contributed by atoms with E-state index in [-0.39, 0.29) is 37.2 Å². The summed E-state index contributed by atoms with van der Waals surface area (Å²) < 4.78 is 27.8. The minimum Gasteiger partial charge on any atom is -0.366 e. The van der Waals surface area contributed by atoms with Crippen LogP contribution in [0.25, 0.3) is 5.78 Å². The number of aromatic nitrogens is 4. The number of nitrogens with zero attached hydrogens (tertiary/aromatic N) is 4. The summed E-state index contributed by atoms with van der Waals surface area (Å²) in [5, 5.41) is 6.90. The first-order valence-electron chi connectivity index (χ1n) is 7.91. The SMILES string of the molecule is Cc1nc2nc(N)nn2c(C)c1CC(=O)NC1CCC(F)(F)CC1. The van der Waals surface area contributed by atoms with Crippen LogP contribution in [0.4, 0.5) is 14.7 Å². The van der Waals surface area contributed by atoms with Crippen molar-refractivity contribution in [3.8, 4) is 0 Å². The molecular formula is C15H20F2N6O. The summed E-state index contributed by atoms with van der Waals surface area (Å²) in [6, 6.07) is -0.198. The van der Waals surface area contributed by atoms with Crippen LogP contribution >= 0.6 is 0 Å². The largest absolute Gasteiger partial charge is 0.366 e. The molecule has 2 heterocycles. The van der Waals surface area contributed by atoms with E-state index in [0.29, 0.717) is 24.3 Å². The van der Waals surface area contributed by atoms with Crippen LogP contribution in [0.2, 0.25) is 0 Å². The lowest BCUT2D eigenvalue weighted by molar-refractivity contribution is -0.122.